The van der Waals surface area contributed by atoms with Crippen molar-refractivity contribution in [1.82, 2.24) is 5.32 Å². The zero-order valence-corrected chi connectivity index (χ0v) is 11.9. The van der Waals surface area contributed by atoms with Gasteiger partial charge in [-0.15, -0.1) is 11.6 Å². The van der Waals surface area contributed by atoms with Crippen molar-refractivity contribution in [2.45, 2.75) is 64.8 Å². The maximum absolute atomic E-state index is 6.16. The molecule has 16 heavy (non-hydrogen) atoms. The molecule has 2 heteroatoms. The fourth-order valence-corrected chi connectivity index (χ4v) is 2.90. The molecule has 1 rings (SSSR count). The molecule has 1 aliphatic rings. The molecular formula is C14H28ClN. The molecule has 0 radical (unpaired) electrons. The first-order valence-corrected chi connectivity index (χ1v) is 7.42. The first kappa shape index (κ1) is 14.3. The molecule has 0 aromatic rings. The summed E-state index contributed by atoms with van der Waals surface area (Å²) in [5, 5.41) is 3.73. The Morgan fingerprint density at radius 1 is 1.31 bits per heavy atom. The van der Waals surface area contributed by atoms with Crippen molar-refractivity contribution in [3.63, 3.8) is 0 Å². The molecule has 0 aromatic carbocycles. The minimum Gasteiger partial charge on any atom is -0.310 e. The summed E-state index contributed by atoms with van der Waals surface area (Å²) in [7, 11) is 0. The van der Waals surface area contributed by atoms with Gasteiger partial charge in [0.25, 0.3) is 0 Å². The third-order valence-corrected chi connectivity index (χ3v) is 4.46. The van der Waals surface area contributed by atoms with E-state index in [0.29, 0.717) is 0 Å². The third-order valence-electron chi connectivity index (χ3n) is 3.95. The lowest BCUT2D eigenvalue weighted by molar-refractivity contribution is 0.216. The predicted molar refractivity (Wildman–Crippen MR) is 73.2 cm³/mol. The van der Waals surface area contributed by atoms with Gasteiger partial charge >= 0.3 is 0 Å². The van der Waals surface area contributed by atoms with Crippen molar-refractivity contribution in [3.05, 3.63) is 0 Å². The summed E-state index contributed by atoms with van der Waals surface area (Å²) in [6, 6.07) is 0. The van der Waals surface area contributed by atoms with E-state index in [1.165, 1.54) is 38.5 Å². The zero-order valence-electron chi connectivity index (χ0n) is 11.2. The maximum atomic E-state index is 6.16. The topological polar surface area (TPSA) is 12.0 Å². The van der Waals surface area contributed by atoms with Crippen LogP contribution in [0.5, 0.6) is 0 Å². The Bertz CT molecular complexity index is 183. The quantitative estimate of drug-likeness (QED) is 0.546. The van der Waals surface area contributed by atoms with Gasteiger partial charge in [-0.2, -0.15) is 0 Å². The van der Waals surface area contributed by atoms with Crippen LogP contribution in [0.2, 0.25) is 0 Å². The Morgan fingerprint density at radius 3 is 2.44 bits per heavy atom. The molecule has 1 aliphatic carbocycles. The van der Waals surface area contributed by atoms with Gasteiger partial charge in [-0.1, -0.05) is 20.8 Å². The fraction of sp³-hybridized carbons (Fsp3) is 1.00. The minimum atomic E-state index is 0.255. The highest BCUT2D eigenvalue weighted by Gasteiger charge is 2.32. The Labute approximate surface area is 106 Å². The molecule has 0 spiro atoms. The molecule has 0 heterocycles. The Kier molecular flexibility index (Phi) is 6.13. The van der Waals surface area contributed by atoms with Crippen molar-refractivity contribution in [2.24, 2.45) is 11.8 Å². The van der Waals surface area contributed by atoms with Crippen LogP contribution in [0.4, 0.5) is 0 Å². The summed E-state index contributed by atoms with van der Waals surface area (Å²) in [6.45, 7) is 8.08. The Balaban J connectivity index is 2.25. The van der Waals surface area contributed by atoms with Crippen molar-refractivity contribution < 1.29 is 0 Å². The van der Waals surface area contributed by atoms with Crippen LogP contribution in [0.15, 0.2) is 0 Å². The second-order valence-corrected chi connectivity index (χ2v) is 6.33. The molecule has 1 fully saturated rings. The largest absolute Gasteiger partial charge is 0.310 e. The van der Waals surface area contributed by atoms with Gasteiger partial charge in [0, 0.05) is 11.4 Å². The van der Waals surface area contributed by atoms with Crippen LogP contribution in [-0.4, -0.2) is 18.0 Å². The first-order chi connectivity index (χ1) is 7.58. The smallest absolute Gasteiger partial charge is 0.0406 e. The molecule has 0 saturated heterocycles. The van der Waals surface area contributed by atoms with E-state index in [2.05, 4.69) is 26.1 Å². The van der Waals surface area contributed by atoms with Crippen molar-refractivity contribution in [3.8, 4) is 0 Å². The van der Waals surface area contributed by atoms with E-state index in [-0.39, 0.29) is 5.54 Å². The number of hydrogen-bond acceptors (Lipinski definition) is 1. The number of halogens is 1. The third kappa shape index (κ3) is 4.63. The Hall–Kier alpha value is 0.250. The SMILES string of the molecule is CC(C)CCCNC1(CCl)CCC(C)CC1. The van der Waals surface area contributed by atoms with E-state index in [1.807, 2.05) is 0 Å². The van der Waals surface area contributed by atoms with Gasteiger partial charge in [0.2, 0.25) is 0 Å². The number of nitrogens with one attached hydrogen (secondary N) is 1. The number of hydrogen-bond donors (Lipinski definition) is 1. The molecule has 1 saturated carbocycles. The van der Waals surface area contributed by atoms with Gasteiger partial charge in [0.05, 0.1) is 0 Å². The second-order valence-electron chi connectivity index (χ2n) is 6.06. The van der Waals surface area contributed by atoms with Crippen LogP contribution in [0, 0.1) is 11.8 Å². The first-order valence-electron chi connectivity index (χ1n) is 6.89. The molecule has 1 nitrogen and oxygen atoms in total. The minimum absolute atomic E-state index is 0.255. The van der Waals surface area contributed by atoms with Crippen molar-refractivity contribution in [2.75, 3.05) is 12.4 Å². The van der Waals surface area contributed by atoms with Crippen molar-refractivity contribution in [1.29, 1.82) is 0 Å². The zero-order chi connectivity index (χ0) is 12.0. The van der Waals surface area contributed by atoms with Gasteiger partial charge < -0.3 is 5.32 Å². The molecule has 0 bridgehead atoms. The maximum Gasteiger partial charge on any atom is 0.0406 e. The summed E-state index contributed by atoms with van der Waals surface area (Å²) in [5.41, 5.74) is 0.255. The highest BCUT2D eigenvalue weighted by Crippen LogP contribution is 2.32. The molecule has 96 valence electrons. The summed E-state index contributed by atoms with van der Waals surface area (Å²) >= 11 is 6.16. The molecule has 1 N–H and O–H groups in total. The molecular weight excluding hydrogens is 218 g/mol. The highest BCUT2D eigenvalue weighted by molar-refractivity contribution is 6.18. The average Bonchev–Trinajstić information content (AvgIpc) is 2.27. The summed E-state index contributed by atoms with van der Waals surface area (Å²) in [5.74, 6) is 2.50. The fourth-order valence-electron chi connectivity index (χ4n) is 2.54. The van der Waals surface area contributed by atoms with Crippen LogP contribution in [-0.2, 0) is 0 Å². The van der Waals surface area contributed by atoms with E-state index in [0.717, 1.165) is 24.3 Å². The van der Waals surface area contributed by atoms with Crippen LogP contribution in [0.3, 0.4) is 0 Å². The van der Waals surface area contributed by atoms with E-state index in [4.69, 9.17) is 11.6 Å². The number of alkyl halides is 1. The molecule has 0 aliphatic heterocycles. The lowest BCUT2D eigenvalue weighted by Crippen LogP contribution is -2.49. The van der Waals surface area contributed by atoms with Crippen LogP contribution >= 0.6 is 11.6 Å². The van der Waals surface area contributed by atoms with E-state index < -0.39 is 0 Å². The molecule has 0 aromatic heterocycles. The van der Waals surface area contributed by atoms with Gasteiger partial charge in [0.15, 0.2) is 0 Å². The molecule has 0 unspecified atom stereocenters. The lowest BCUT2D eigenvalue weighted by Gasteiger charge is -2.39. The van der Waals surface area contributed by atoms with Gasteiger partial charge in [-0.05, 0) is 56.9 Å². The molecule has 0 atom stereocenters. The highest BCUT2D eigenvalue weighted by atomic mass is 35.5. The summed E-state index contributed by atoms with van der Waals surface area (Å²) in [6.07, 6.45) is 7.81. The van der Waals surface area contributed by atoms with Crippen LogP contribution < -0.4 is 5.32 Å². The monoisotopic (exact) mass is 245 g/mol. The summed E-state index contributed by atoms with van der Waals surface area (Å²) < 4.78 is 0. The number of rotatable bonds is 6. The Morgan fingerprint density at radius 2 is 1.94 bits per heavy atom. The van der Waals surface area contributed by atoms with E-state index >= 15 is 0 Å². The standard InChI is InChI=1S/C14H28ClN/c1-12(2)5-4-10-16-14(11-15)8-6-13(3)7-9-14/h12-13,16H,4-11H2,1-3H3. The van der Waals surface area contributed by atoms with Crippen molar-refractivity contribution >= 4 is 11.6 Å². The van der Waals surface area contributed by atoms with E-state index in [9.17, 15) is 0 Å². The lowest BCUT2D eigenvalue weighted by atomic mass is 9.78. The predicted octanol–water partition coefficient (Wildman–Crippen LogP) is 4.20. The molecule has 0 amide bonds. The van der Waals surface area contributed by atoms with Gasteiger partial charge in [0.1, 0.15) is 0 Å². The van der Waals surface area contributed by atoms with Gasteiger partial charge in [-0.25, -0.2) is 0 Å². The van der Waals surface area contributed by atoms with Crippen LogP contribution in [0.25, 0.3) is 0 Å². The van der Waals surface area contributed by atoms with Gasteiger partial charge in [-0.3, -0.25) is 0 Å². The van der Waals surface area contributed by atoms with Crippen LogP contribution in [0.1, 0.15) is 59.3 Å². The second kappa shape index (κ2) is 6.86. The summed E-state index contributed by atoms with van der Waals surface area (Å²) in [4.78, 5) is 0. The average molecular weight is 246 g/mol. The normalized spacial score (nSPS) is 30.9. The van der Waals surface area contributed by atoms with E-state index in [1.54, 1.807) is 0 Å².